The number of benzene rings is 2. The highest BCUT2D eigenvalue weighted by Gasteiger charge is 2.52. The summed E-state index contributed by atoms with van der Waals surface area (Å²) in [5.74, 6) is -0.501. The van der Waals surface area contributed by atoms with E-state index in [2.05, 4.69) is 10.3 Å². The molecule has 1 aliphatic carbocycles. The zero-order valence-electron chi connectivity index (χ0n) is 20.3. The number of carbonyl (C=O) groups is 1. The molecule has 2 fully saturated rings. The number of aromatic nitrogens is 2. The Kier molecular flexibility index (Phi) is 6.38. The smallest absolute Gasteiger partial charge is 0.261 e. The van der Waals surface area contributed by atoms with E-state index in [1.165, 1.54) is 10.9 Å². The Labute approximate surface area is 207 Å². The first-order chi connectivity index (χ1) is 17.2. The summed E-state index contributed by atoms with van der Waals surface area (Å²) in [7, 11) is 0. The monoisotopic (exact) mass is 497 g/mol. The van der Waals surface area contributed by atoms with E-state index in [-0.39, 0.29) is 18.2 Å². The van der Waals surface area contributed by atoms with Crippen LogP contribution in [0.2, 0.25) is 0 Å². The molecule has 1 aromatic heterocycles. The van der Waals surface area contributed by atoms with Crippen molar-refractivity contribution in [2.45, 2.75) is 63.6 Å². The molecule has 2 atom stereocenters. The van der Waals surface area contributed by atoms with Crippen molar-refractivity contribution in [2.75, 3.05) is 13.2 Å². The summed E-state index contributed by atoms with van der Waals surface area (Å²) >= 11 is 0. The Hall–Kier alpha value is -3.17. The lowest BCUT2D eigenvalue weighted by Gasteiger charge is -2.29. The van der Waals surface area contributed by atoms with E-state index in [1.54, 1.807) is 24.3 Å². The zero-order valence-corrected chi connectivity index (χ0v) is 20.3. The molecular formula is C27H29F2N3O4. The normalized spacial score (nSPS) is 21.1. The third-order valence-corrected chi connectivity index (χ3v) is 7.58. The third-order valence-electron chi connectivity index (χ3n) is 7.58. The van der Waals surface area contributed by atoms with Crippen molar-refractivity contribution in [3.63, 3.8) is 0 Å². The second kappa shape index (κ2) is 9.37. The van der Waals surface area contributed by atoms with Gasteiger partial charge in [0.05, 0.1) is 36.0 Å². The summed E-state index contributed by atoms with van der Waals surface area (Å²) in [5.41, 5.74) is 3.21. The van der Waals surface area contributed by atoms with Gasteiger partial charge in [0.2, 0.25) is 0 Å². The fraction of sp³-hybridized carbons (Fsp3) is 0.444. The van der Waals surface area contributed by atoms with Gasteiger partial charge in [-0.15, -0.1) is 0 Å². The van der Waals surface area contributed by atoms with Crippen LogP contribution in [-0.2, 0) is 11.2 Å². The quantitative estimate of drug-likeness (QED) is 0.544. The molecule has 0 radical (unpaired) electrons. The van der Waals surface area contributed by atoms with Gasteiger partial charge in [0.15, 0.2) is 0 Å². The molecule has 2 aromatic carbocycles. The number of carbonyl (C=O) groups excluding carboxylic acids is 1. The molecule has 9 heteroatoms. The van der Waals surface area contributed by atoms with Crippen LogP contribution in [0.25, 0.3) is 10.9 Å². The number of aliphatic hydroxyl groups excluding tert-OH is 1. The zero-order chi connectivity index (χ0) is 25.6. The van der Waals surface area contributed by atoms with E-state index in [9.17, 15) is 23.5 Å². The van der Waals surface area contributed by atoms with Gasteiger partial charge in [0.1, 0.15) is 5.54 Å². The molecule has 1 amide bonds. The highest BCUT2D eigenvalue weighted by atomic mass is 19.3. The Balaban J connectivity index is 1.41. The standard InChI is InChI=1S/C27H29F2N3O4/c1-15-16(2)23-20(25(35)32(14-30-23)21-7-10-36-13-22(21)33)12-19(15)11-17-3-5-18(6-4-17)24(34)31-27(8-9-27)26(28)29/h3-6,12,14,21-22,26,33H,7-11,13H2,1-2H3,(H,31,34)/t21-,22-/m0/s1. The lowest BCUT2D eigenvalue weighted by Crippen LogP contribution is -2.42. The number of amides is 1. The van der Waals surface area contributed by atoms with Crippen LogP contribution >= 0.6 is 0 Å². The van der Waals surface area contributed by atoms with E-state index in [0.717, 1.165) is 22.3 Å². The Morgan fingerprint density at radius 2 is 1.97 bits per heavy atom. The number of rotatable bonds is 6. The predicted molar refractivity (Wildman–Crippen MR) is 131 cm³/mol. The van der Waals surface area contributed by atoms with Crippen LogP contribution in [0.5, 0.6) is 0 Å². The molecule has 2 N–H and O–H groups in total. The van der Waals surface area contributed by atoms with Crippen LogP contribution < -0.4 is 10.9 Å². The maximum Gasteiger partial charge on any atom is 0.261 e. The van der Waals surface area contributed by atoms with E-state index in [4.69, 9.17) is 4.74 Å². The average Bonchev–Trinajstić information content (AvgIpc) is 3.65. The molecule has 0 unspecified atom stereocenters. The first-order valence-electron chi connectivity index (χ1n) is 12.2. The predicted octanol–water partition coefficient (Wildman–Crippen LogP) is 3.45. The minimum Gasteiger partial charge on any atom is -0.389 e. The number of ether oxygens (including phenoxy) is 1. The molecular weight excluding hydrogens is 468 g/mol. The van der Waals surface area contributed by atoms with Crippen LogP contribution in [0.3, 0.4) is 0 Å². The number of fused-ring (bicyclic) bond motifs is 1. The number of alkyl halides is 2. The van der Waals surface area contributed by atoms with E-state index in [1.807, 2.05) is 19.9 Å². The summed E-state index contributed by atoms with van der Waals surface area (Å²) in [4.78, 5) is 30.4. The number of nitrogens with one attached hydrogen (secondary N) is 1. The van der Waals surface area contributed by atoms with Crippen molar-refractivity contribution in [3.05, 3.63) is 74.8 Å². The highest BCUT2D eigenvalue weighted by molar-refractivity contribution is 5.95. The molecule has 5 rings (SSSR count). The van der Waals surface area contributed by atoms with Crippen molar-refractivity contribution >= 4 is 16.8 Å². The summed E-state index contributed by atoms with van der Waals surface area (Å²) in [6.07, 6.45) is -0.191. The largest absolute Gasteiger partial charge is 0.389 e. The number of aryl methyl sites for hydroxylation is 1. The van der Waals surface area contributed by atoms with E-state index >= 15 is 0 Å². The maximum atomic E-state index is 13.4. The van der Waals surface area contributed by atoms with Crippen LogP contribution in [-0.4, -0.2) is 51.8 Å². The number of hydrogen-bond acceptors (Lipinski definition) is 5. The summed E-state index contributed by atoms with van der Waals surface area (Å²) in [5, 5.41) is 13.3. The minimum atomic E-state index is -2.58. The number of hydrogen-bond donors (Lipinski definition) is 2. The van der Waals surface area contributed by atoms with Crippen LogP contribution in [0.1, 0.15) is 57.9 Å². The van der Waals surface area contributed by atoms with Crippen molar-refractivity contribution in [2.24, 2.45) is 0 Å². The second-order valence-electron chi connectivity index (χ2n) is 9.92. The molecule has 2 aliphatic rings. The van der Waals surface area contributed by atoms with Gasteiger partial charge >= 0.3 is 0 Å². The minimum absolute atomic E-state index is 0.185. The third kappa shape index (κ3) is 4.41. The molecule has 36 heavy (non-hydrogen) atoms. The van der Waals surface area contributed by atoms with Crippen molar-refractivity contribution in [1.82, 2.24) is 14.9 Å². The number of aliphatic hydroxyl groups is 1. The van der Waals surface area contributed by atoms with E-state index in [0.29, 0.717) is 48.8 Å². The van der Waals surface area contributed by atoms with Gasteiger partial charge in [0.25, 0.3) is 17.9 Å². The molecule has 190 valence electrons. The fourth-order valence-corrected chi connectivity index (χ4v) is 4.89. The number of nitrogens with zero attached hydrogens (tertiary/aromatic N) is 2. The molecule has 1 aliphatic heterocycles. The van der Waals surface area contributed by atoms with Crippen LogP contribution in [0.15, 0.2) is 41.5 Å². The van der Waals surface area contributed by atoms with Gasteiger partial charge in [-0.25, -0.2) is 13.8 Å². The van der Waals surface area contributed by atoms with Gasteiger partial charge in [-0.2, -0.15) is 0 Å². The summed E-state index contributed by atoms with van der Waals surface area (Å²) < 4.78 is 33.1. The molecule has 7 nitrogen and oxygen atoms in total. The Bertz CT molecular complexity index is 1370. The summed E-state index contributed by atoms with van der Waals surface area (Å²) in [6, 6.07) is 8.35. The van der Waals surface area contributed by atoms with Crippen LogP contribution in [0.4, 0.5) is 8.78 Å². The topological polar surface area (TPSA) is 93.5 Å². The first kappa shape index (κ1) is 24.5. The first-order valence-corrected chi connectivity index (χ1v) is 12.2. The Morgan fingerprint density at radius 1 is 1.25 bits per heavy atom. The van der Waals surface area contributed by atoms with Gasteiger partial charge in [-0.1, -0.05) is 12.1 Å². The van der Waals surface area contributed by atoms with Gasteiger partial charge in [-0.3, -0.25) is 14.2 Å². The maximum absolute atomic E-state index is 13.4. The highest BCUT2D eigenvalue weighted by Crippen LogP contribution is 2.41. The SMILES string of the molecule is Cc1c(Cc2ccc(C(=O)NC3(C(F)F)CC3)cc2)cc2c(=O)n([C@H]3CCOC[C@@H]3O)cnc2c1C. The molecule has 0 bridgehead atoms. The van der Waals surface area contributed by atoms with E-state index < -0.39 is 24.0 Å². The van der Waals surface area contributed by atoms with Gasteiger partial charge < -0.3 is 15.2 Å². The second-order valence-corrected chi connectivity index (χ2v) is 9.92. The molecule has 3 aromatic rings. The molecule has 1 saturated carbocycles. The van der Waals surface area contributed by atoms with Crippen LogP contribution in [0, 0.1) is 13.8 Å². The molecule has 0 spiro atoms. The lowest BCUT2D eigenvalue weighted by atomic mass is 9.94. The Morgan fingerprint density at radius 3 is 2.61 bits per heavy atom. The van der Waals surface area contributed by atoms with Crippen molar-refractivity contribution < 1.29 is 23.4 Å². The molecule has 2 heterocycles. The average molecular weight is 498 g/mol. The van der Waals surface area contributed by atoms with Gasteiger partial charge in [0, 0.05) is 12.2 Å². The summed E-state index contributed by atoms with van der Waals surface area (Å²) in [6.45, 7) is 4.58. The lowest BCUT2D eigenvalue weighted by molar-refractivity contribution is -0.0395. The van der Waals surface area contributed by atoms with Crippen molar-refractivity contribution in [3.8, 4) is 0 Å². The van der Waals surface area contributed by atoms with Crippen molar-refractivity contribution in [1.29, 1.82) is 0 Å². The fourth-order valence-electron chi connectivity index (χ4n) is 4.89. The molecule has 1 saturated heterocycles. The number of halogens is 2. The van der Waals surface area contributed by atoms with Gasteiger partial charge in [-0.05, 0) is 80.0 Å².